The Morgan fingerprint density at radius 2 is 2.13 bits per heavy atom. The first-order valence-electron chi connectivity index (χ1n) is 6.94. The molecule has 0 bridgehead atoms. The van der Waals surface area contributed by atoms with Crippen molar-refractivity contribution < 1.29 is 32.6 Å². The second-order valence-corrected chi connectivity index (χ2v) is 5.18. The number of ether oxygens (including phenoxy) is 1. The molecule has 1 saturated heterocycles. The first kappa shape index (κ1) is 17.0. The minimum absolute atomic E-state index is 0.133. The van der Waals surface area contributed by atoms with E-state index < -0.39 is 18.8 Å². The average Bonchev–Trinajstić information content (AvgIpc) is 2.91. The Labute approximate surface area is 129 Å². The zero-order valence-corrected chi connectivity index (χ0v) is 12.0. The summed E-state index contributed by atoms with van der Waals surface area (Å²) in [4.78, 5) is 28.3. The Hall–Kier alpha value is -2.32. The van der Waals surface area contributed by atoms with Crippen LogP contribution in [-0.4, -0.2) is 52.2 Å². The summed E-state index contributed by atoms with van der Waals surface area (Å²) in [6, 6.07) is 2.12. The van der Waals surface area contributed by atoms with Crippen LogP contribution in [0.4, 0.5) is 13.2 Å². The van der Waals surface area contributed by atoms with Gasteiger partial charge >= 0.3 is 12.1 Å². The number of aliphatic carboxylic acids is 1. The first-order chi connectivity index (χ1) is 10.8. The van der Waals surface area contributed by atoms with Crippen LogP contribution in [0.15, 0.2) is 18.3 Å². The third-order valence-corrected chi connectivity index (χ3v) is 3.42. The Morgan fingerprint density at radius 3 is 2.70 bits per heavy atom. The van der Waals surface area contributed by atoms with Crippen LogP contribution in [-0.2, 0) is 4.79 Å². The molecule has 1 unspecified atom stereocenters. The van der Waals surface area contributed by atoms with E-state index in [0.717, 1.165) is 6.20 Å². The van der Waals surface area contributed by atoms with Crippen molar-refractivity contribution in [1.82, 2.24) is 9.88 Å². The summed E-state index contributed by atoms with van der Waals surface area (Å²) >= 11 is 0. The highest BCUT2D eigenvalue weighted by Crippen LogP contribution is 2.23. The molecule has 126 valence electrons. The van der Waals surface area contributed by atoms with E-state index in [1.54, 1.807) is 0 Å². The third-order valence-electron chi connectivity index (χ3n) is 3.42. The molecule has 9 heteroatoms. The van der Waals surface area contributed by atoms with E-state index in [4.69, 9.17) is 5.11 Å². The molecule has 0 saturated carbocycles. The van der Waals surface area contributed by atoms with Gasteiger partial charge in [0.1, 0.15) is 0 Å². The van der Waals surface area contributed by atoms with Gasteiger partial charge in [-0.25, -0.2) is 4.98 Å². The van der Waals surface area contributed by atoms with Gasteiger partial charge < -0.3 is 14.7 Å². The van der Waals surface area contributed by atoms with Crippen LogP contribution in [0.5, 0.6) is 5.88 Å². The van der Waals surface area contributed by atoms with Gasteiger partial charge in [0, 0.05) is 24.8 Å². The Balaban J connectivity index is 2.01. The number of hydrogen-bond acceptors (Lipinski definition) is 4. The number of hydrogen-bond donors (Lipinski definition) is 1. The van der Waals surface area contributed by atoms with Crippen LogP contribution < -0.4 is 4.74 Å². The fraction of sp³-hybridized carbons (Fsp3) is 0.500. The quantitative estimate of drug-likeness (QED) is 0.893. The minimum Gasteiger partial charge on any atom is -0.481 e. The number of carboxylic acids is 1. The maximum Gasteiger partial charge on any atom is 0.422 e. The lowest BCUT2D eigenvalue weighted by Crippen LogP contribution is -2.36. The standard InChI is InChI=1S/C14H15F3N2O4/c15-14(16,17)8-23-11-4-3-9(7-18-11)13(22)19-5-1-2-10(19)6-12(20)21/h3-4,7,10H,1-2,5-6,8H2,(H,20,21). The molecule has 0 aliphatic carbocycles. The van der Waals surface area contributed by atoms with Crippen molar-refractivity contribution in [1.29, 1.82) is 0 Å². The number of rotatable bonds is 5. The summed E-state index contributed by atoms with van der Waals surface area (Å²) < 4.78 is 40.6. The highest BCUT2D eigenvalue weighted by molar-refractivity contribution is 5.94. The maximum absolute atomic E-state index is 12.3. The molecule has 1 aliphatic rings. The van der Waals surface area contributed by atoms with Crippen LogP contribution in [0.2, 0.25) is 0 Å². The average molecular weight is 332 g/mol. The van der Waals surface area contributed by atoms with Crippen molar-refractivity contribution in [3.05, 3.63) is 23.9 Å². The highest BCUT2D eigenvalue weighted by atomic mass is 19.4. The Morgan fingerprint density at radius 1 is 1.39 bits per heavy atom. The number of aromatic nitrogens is 1. The number of likely N-dealkylation sites (tertiary alicyclic amines) is 1. The fourth-order valence-corrected chi connectivity index (χ4v) is 2.43. The number of carboxylic acid groups (broad SMARTS) is 1. The molecule has 23 heavy (non-hydrogen) atoms. The molecule has 1 atom stereocenters. The zero-order chi connectivity index (χ0) is 17.0. The number of pyridine rings is 1. The van der Waals surface area contributed by atoms with Gasteiger partial charge in [-0.1, -0.05) is 0 Å². The summed E-state index contributed by atoms with van der Waals surface area (Å²) in [7, 11) is 0. The van der Waals surface area contributed by atoms with Crippen molar-refractivity contribution in [2.75, 3.05) is 13.2 Å². The SMILES string of the molecule is O=C(O)CC1CCCN1C(=O)c1ccc(OCC(F)(F)F)nc1. The molecule has 2 rings (SSSR count). The normalized spacial score (nSPS) is 18.0. The molecule has 6 nitrogen and oxygen atoms in total. The molecule has 1 aromatic heterocycles. The summed E-state index contributed by atoms with van der Waals surface area (Å²) in [5.74, 6) is -1.60. The van der Waals surface area contributed by atoms with Crippen molar-refractivity contribution in [2.45, 2.75) is 31.5 Å². The molecule has 0 spiro atoms. The van der Waals surface area contributed by atoms with E-state index in [0.29, 0.717) is 19.4 Å². The van der Waals surface area contributed by atoms with Gasteiger partial charge in [-0.15, -0.1) is 0 Å². The van der Waals surface area contributed by atoms with Crippen LogP contribution in [0, 0.1) is 0 Å². The number of carbonyl (C=O) groups is 2. The van der Waals surface area contributed by atoms with E-state index in [-0.39, 0.29) is 29.8 Å². The molecule has 2 heterocycles. The van der Waals surface area contributed by atoms with Crippen LogP contribution in [0.3, 0.4) is 0 Å². The molecular formula is C14H15F3N2O4. The van der Waals surface area contributed by atoms with Crippen LogP contribution >= 0.6 is 0 Å². The molecular weight excluding hydrogens is 317 g/mol. The molecule has 0 radical (unpaired) electrons. The van der Waals surface area contributed by atoms with E-state index in [1.165, 1.54) is 17.0 Å². The largest absolute Gasteiger partial charge is 0.481 e. The second-order valence-electron chi connectivity index (χ2n) is 5.18. The summed E-state index contributed by atoms with van der Waals surface area (Å²) in [5, 5.41) is 8.85. The third kappa shape index (κ3) is 4.83. The summed E-state index contributed by atoms with van der Waals surface area (Å²) in [5.41, 5.74) is 0.182. The Bertz CT molecular complexity index is 574. The molecule has 1 aromatic rings. The number of halogens is 3. The topological polar surface area (TPSA) is 79.7 Å². The van der Waals surface area contributed by atoms with E-state index in [2.05, 4.69) is 9.72 Å². The molecule has 1 N–H and O–H groups in total. The van der Waals surface area contributed by atoms with Crippen molar-refractivity contribution >= 4 is 11.9 Å². The smallest absolute Gasteiger partial charge is 0.422 e. The molecule has 1 aliphatic heterocycles. The number of amides is 1. The van der Waals surface area contributed by atoms with Crippen LogP contribution in [0.1, 0.15) is 29.6 Å². The number of alkyl halides is 3. The van der Waals surface area contributed by atoms with Crippen molar-refractivity contribution in [3.8, 4) is 5.88 Å². The molecule has 1 fully saturated rings. The fourth-order valence-electron chi connectivity index (χ4n) is 2.43. The van der Waals surface area contributed by atoms with Gasteiger partial charge in [0.25, 0.3) is 5.91 Å². The lowest BCUT2D eigenvalue weighted by atomic mass is 10.1. The molecule has 0 aromatic carbocycles. The monoisotopic (exact) mass is 332 g/mol. The van der Waals surface area contributed by atoms with Gasteiger partial charge in [0.05, 0.1) is 12.0 Å². The second kappa shape index (κ2) is 6.84. The van der Waals surface area contributed by atoms with Gasteiger partial charge in [-0.2, -0.15) is 13.2 Å². The maximum atomic E-state index is 12.3. The van der Waals surface area contributed by atoms with Crippen molar-refractivity contribution in [3.63, 3.8) is 0 Å². The van der Waals surface area contributed by atoms with Gasteiger partial charge in [-0.05, 0) is 18.9 Å². The van der Waals surface area contributed by atoms with E-state index in [9.17, 15) is 22.8 Å². The number of nitrogens with zero attached hydrogens (tertiary/aromatic N) is 2. The van der Waals surface area contributed by atoms with Gasteiger partial charge in [-0.3, -0.25) is 9.59 Å². The van der Waals surface area contributed by atoms with Gasteiger partial charge in [0.15, 0.2) is 6.61 Å². The number of carbonyl (C=O) groups excluding carboxylic acids is 1. The lowest BCUT2D eigenvalue weighted by Gasteiger charge is -2.23. The first-order valence-corrected chi connectivity index (χ1v) is 6.94. The highest BCUT2D eigenvalue weighted by Gasteiger charge is 2.31. The zero-order valence-electron chi connectivity index (χ0n) is 12.0. The predicted molar refractivity (Wildman–Crippen MR) is 72.1 cm³/mol. The van der Waals surface area contributed by atoms with Crippen LogP contribution in [0.25, 0.3) is 0 Å². The van der Waals surface area contributed by atoms with E-state index in [1.807, 2.05) is 0 Å². The Kier molecular flexibility index (Phi) is 5.07. The molecule has 1 amide bonds. The lowest BCUT2D eigenvalue weighted by molar-refractivity contribution is -0.154. The minimum atomic E-state index is -4.46. The van der Waals surface area contributed by atoms with Crippen molar-refractivity contribution in [2.24, 2.45) is 0 Å². The van der Waals surface area contributed by atoms with E-state index >= 15 is 0 Å². The predicted octanol–water partition coefficient (Wildman–Crippen LogP) is 2.10. The summed E-state index contributed by atoms with van der Waals surface area (Å²) in [6.45, 7) is -1.01. The summed E-state index contributed by atoms with van der Waals surface area (Å²) in [6.07, 6.45) is -2.14. The van der Waals surface area contributed by atoms with Gasteiger partial charge in [0.2, 0.25) is 5.88 Å².